The van der Waals surface area contributed by atoms with Gasteiger partial charge in [0.1, 0.15) is 5.84 Å². The number of thioether (sulfide) groups is 1. The summed E-state index contributed by atoms with van der Waals surface area (Å²) in [4.78, 5) is 8.24. The number of aliphatic imine (C=N–C) groups is 1. The number of rotatable bonds is 6. The van der Waals surface area contributed by atoms with Crippen molar-refractivity contribution in [2.45, 2.75) is 12.2 Å². The molecule has 10 heteroatoms. The lowest BCUT2D eigenvalue weighted by Gasteiger charge is -2.13. The summed E-state index contributed by atoms with van der Waals surface area (Å²) in [6.45, 7) is 0.766. The van der Waals surface area contributed by atoms with E-state index >= 15 is 0 Å². The molecule has 0 bridgehead atoms. The van der Waals surface area contributed by atoms with Crippen LogP contribution in [0.15, 0.2) is 14.8 Å². The van der Waals surface area contributed by atoms with Crippen LogP contribution in [0, 0.1) is 0 Å². The Balaban J connectivity index is 1.69. The number of hydrogen-bond donors (Lipinski definition) is 4. The zero-order chi connectivity index (χ0) is 13.5. The number of thiazole rings is 1. The molecular weight excluding hydrogens is 302 g/mol. The van der Waals surface area contributed by atoms with Gasteiger partial charge >= 0.3 is 0 Å². The van der Waals surface area contributed by atoms with Gasteiger partial charge in [-0.3, -0.25) is 0 Å². The molecule has 1 aliphatic rings. The highest BCUT2D eigenvalue weighted by molar-refractivity contribution is 7.98. The summed E-state index contributed by atoms with van der Waals surface area (Å²) < 4.78 is 7.27. The molecule has 0 aliphatic carbocycles. The summed E-state index contributed by atoms with van der Waals surface area (Å²) in [7, 11) is 0. The average molecular weight is 317 g/mol. The maximum absolute atomic E-state index is 5.30. The Morgan fingerprint density at radius 2 is 2.42 bits per heavy atom. The highest BCUT2D eigenvalue weighted by Gasteiger charge is 2.05. The fraction of sp³-hybridized carbons (Fsp3) is 0.444. The Morgan fingerprint density at radius 3 is 3.16 bits per heavy atom. The zero-order valence-corrected chi connectivity index (χ0v) is 12.6. The first kappa shape index (κ1) is 14.4. The van der Waals surface area contributed by atoms with Gasteiger partial charge in [-0.15, -0.1) is 11.3 Å². The molecule has 19 heavy (non-hydrogen) atoms. The van der Waals surface area contributed by atoms with E-state index in [-0.39, 0.29) is 5.96 Å². The molecule has 0 saturated carbocycles. The first-order valence-corrected chi connectivity index (χ1v) is 8.36. The van der Waals surface area contributed by atoms with Crippen LogP contribution in [-0.4, -0.2) is 29.2 Å². The molecule has 0 atom stereocenters. The minimum absolute atomic E-state index is 0.0426. The molecule has 0 unspecified atom stereocenters. The standard InChI is InChI=1S/C9H15N7S3/c10-8(11)15-9-14-6(4-18-9)3-17-2-1-7-12-5-13-19-16-7/h4,13H,1-3,5H2,(H,12,16)(H4,10,11,14,15). The molecule has 1 aromatic rings. The van der Waals surface area contributed by atoms with Crippen LogP contribution in [0.4, 0.5) is 5.13 Å². The van der Waals surface area contributed by atoms with Crippen LogP contribution in [-0.2, 0) is 5.75 Å². The SMILES string of the molecule is NC(N)=Nc1nc(CSCCC2=NSNCN2)cs1. The van der Waals surface area contributed by atoms with Crippen molar-refractivity contribution < 1.29 is 0 Å². The minimum atomic E-state index is 0.0426. The third kappa shape index (κ3) is 5.27. The Kier molecular flexibility index (Phi) is 5.76. The molecular formula is C9H15N7S3. The van der Waals surface area contributed by atoms with Gasteiger partial charge in [-0.25, -0.2) is 9.71 Å². The fourth-order valence-corrected chi connectivity index (χ4v) is 3.41. The quantitative estimate of drug-likeness (QED) is 0.265. The molecule has 2 heterocycles. The van der Waals surface area contributed by atoms with E-state index in [0.717, 1.165) is 36.1 Å². The van der Waals surface area contributed by atoms with Crippen molar-refractivity contribution in [2.24, 2.45) is 20.9 Å². The Hall–Kier alpha value is -0.970. The molecule has 1 aliphatic heterocycles. The second kappa shape index (κ2) is 7.58. The predicted molar refractivity (Wildman–Crippen MR) is 84.5 cm³/mol. The summed E-state index contributed by atoms with van der Waals surface area (Å²) in [5, 5.41) is 5.77. The molecule has 6 N–H and O–H groups in total. The average Bonchev–Trinajstić information content (AvgIpc) is 2.83. The molecule has 0 aromatic carbocycles. The number of guanidine groups is 1. The summed E-state index contributed by atoms with van der Waals surface area (Å²) in [5.41, 5.74) is 11.6. The van der Waals surface area contributed by atoms with Crippen molar-refractivity contribution in [3.05, 3.63) is 11.1 Å². The fourth-order valence-electron chi connectivity index (χ4n) is 1.29. The van der Waals surface area contributed by atoms with Crippen molar-refractivity contribution in [3.63, 3.8) is 0 Å². The van der Waals surface area contributed by atoms with E-state index in [9.17, 15) is 0 Å². The molecule has 2 rings (SSSR count). The maximum Gasteiger partial charge on any atom is 0.212 e. The van der Waals surface area contributed by atoms with Gasteiger partial charge in [-0.2, -0.15) is 21.2 Å². The summed E-state index contributed by atoms with van der Waals surface area (Å²) >= 11 is 4.64. The topological polar surface area (TPSA) is 114 Å². The largest absolute Gasteiger partial charge is 0.370 e. The van der Waals surface area contributed by atoms with Crippen LogP contribution in [0.2, 0.25) is 0 Å². The summed E-state index contributed by atoms with van der Waals surface area (Å²) in [6.07, 6.45) is 0.935. The van der Waals surface area contributed by atoms with Crippen molar-refractivity contribution in [1.29, 1.82) is 0 Å². The second-order valence-electron chi connectivity index (χ2n) is 3.59. The van der Waals surface area contributed by atoms with Crippen LogP contribution in [0.25, 0.3) is 0 Å². The third-order valence-electron chi connectivity index (χ3n) is 2.08. The van der Waals surface area contributed by atoms with E-state index in [2.05, 4.69) is 24.4 Å². The molecule has 7 nitrogen and oxygen atoms in total. The number of nitrogens with two attached hydrogens (primary N) is 2. The van der Waals surface area contributed by atoms with Gasteiger partial charge in [0, 0.05) is 23.3 Å². The molecule has 0 spiro atoms. The second-order valence-corrected chi connectivity index (χ2v) is 6.18. The zero-order valence-electron chi connectivity index (χ0n) is 10.1. The number of hydrogen-bond acceptors (Lipinski definition) is 8. The van der Waals surface area contributed by atoms with Crippen LogP contribution < -0.4 is 21.5 Å². The van der Waals surface area contributed by atoms with Gasteiger partial charge < -0.3 is 16.8 Å². The maximum atomic E-state index is 5.30. The third-order valence-corrected chi connectivity index (χ3v) is 4.44. The smallest absolute Gasteiger partial charge is 0.212 e. The van der Waals surface area contributed by atoms with Crippen molar-refractivity contribution in [3.8, 4) is 0 Å². The summed E-state index contributed by atoms with van der Waals surface area (Å²) in [6, 6.07) is 0. The van der Waals surface area contributed by atoms with Gasteiger partial charge in [-0.05, 0) is 0 Å². The lowest BCUT2D eigenvalue weighted by atomic mass is 10.4. The minimum Gasteiger partial charge on any atom is -0.370 e. The Morgan fingerprint density at radius 1 is 1.53 bits per heavy atom. The van der Waals surface area contributed by atoms with Gasteiger partial charge in [0.15, 0.2) is 5.96 Å². The Bertz CT molecular complexity index is 466. The molecule has 0 saturated heterocycles. The van der Waals surface area contributed by atoms with Crippen LogP contribution in [0.5, 0.6) is 0 Å². The molecule has 0 radical (unpaired) electrons. The highest BCUT2D eigenvalue weighted by atomic mass is 32.2. The molecule has 1 aromatic heterocycles. The number of aromatic nitrogens is 1. The van der Waals surface area contributed by atoms with Gasteiger partial charge in [-0.1, -0.05) is 0 Å². The first-order chi connectivity index (χ1) is 9.24. The summed E-state index contributed by atoms with van der Waals surface area (Å²) in [5.74, 6) is 2.94. The van der Waals surface area contributed by atoms with E-state index in [1.54, 1.807) is 0 Å². The van der Waals surface area contributed by atoms with Crippen molar-refractivity contribution >= 4 is 52.2 Å². The number of amidine groups is 1. The number of nitrogens with one attached hydrogen (secondary N) is 2. The van der Waals surface area contributed by atoms with Gasteiger partial charge in [0.2, 0.25) is 5.13 Å². The van der Waals surface area contributed by atoms with E-state index < -0.39 is 0 Å². The van der Waals surface area contributed by atoms with Gasteiger partial charge in [0.05, 0.1) is 24.5 Å². The van der Waals surface area contributed by atoms with Crippen molar-refractivity contribution in [2.75, 3.05) is 12.4 Å². The normalized spacial score (nSPS) is 14.6. The van der Waals surface area contributed by atoms with Crippen LogP contribution >= 0.6 is 35.2 Å². The van der Waals surface area contributed by atoms with E-state index in [1.165, 1.54) is 23.5 Å². The van der Waals surface area contributed by atoms with E-state index in [1.807, 2.05) is 17.1 Å². The van der Waals surface area contributed by atoms with Crippen LogP contribution in [0.3, 0.4) is 0 Å². The first-order valence-electron chi connectivity index (χ1n) is 5.55. The van der Waals surface area contributed by atoms with Crippen LogP contribution in [0.1, 0.15) is 12.1 Å². The lowest BCUT2D eigenvalue weighted by Crippen LogP contribution is -2.34. The lowest BCUT2D eigenvalue weighted by molar-refractivity contribution is 0.841. The number of nitrogens with zero attached hydrogens (tertiary/aromatic N) is 3. The molecule has 104 valence electrons. The molecule has 0 amide bonds. The van der Waals surface area contributed by atoms with E-state index in [4.69, 9.17) is 11.5 Å². The van der Waals surface area contributed by atoms with Gasteiger partial charge in [0.25, 0.3) is 0 Å². The predicted octanol–water partition coefficient (Wildman–Crippen LogP) is 0.783. The van der Waals surface area contributed by atoms with Crippen molar-refractivity contribution in [1.82, 2.24) is 15.0 Å². The molecule has 0 fully saturated rings. The highest BCUT2D eigenvalue weighted by Crippen LogP contribution is 2.22. The monoisotopic (exact) mass is 317 g/mol. The van der Waals surface area contributed by atoms with E-state index in [0.29, 0.717) is 5.13 Å². The Labute approximate surface area is 124 Å².